The summed E-state index contributed by atoms with van der Waals surface area (Å²) in [6.07, 6.45) is 1.33. The number of ether oxygens (including phenoxy) is 1. The molecule has 1 aliphatic rings. The zero-order chi connectivity index (χ0) is 19.4. The first kappa shape index (κ1) is 19.1. The molecule has 1 unspecified atom stereocenters. The van der Waals surface area contributed by atoms with Crippen LogP contribution in [0.2, 0.25) is 0 Å². The summed E-state index contributed by atoms with van der Waals surface area (Å²) in [4.78, 5) is 27.2. The number of hydrogen-bond donors (Lipinski definition) is 0. The summed E-state index contributed by atoms with van der Waals surface area (Å²) < 4.78 is 24.5. The molecule has 2 aromatic rings. The van der Waals surface area contributed by atoms with E-state index in [1.807, 2.05) is 0 Å². The van der Waals surface area contributed by atoms with Crippen LogP contribution in [0.15, 0.2) is 34.9 Å². The number of rotatable bonds is 5. The van der Waals surface area contributed by atoms with Crippen molar-refractivity contribution in [2.75, 3.05) is 19.7 Å². The van der Waals surface area contributed by atoms with Crippen LogP contribution in [-0.4, -0.2) is 41.6 Å². The highest BCUT2D eigenvalue weighted by Crippen LogP contribution is 2.36. The predicted octanol–water partition coefficient (Wildman–Crippen LogP) is 3.15. The van der Waals surface area contributed by atoms with Crippen molar-refractivity contribution in [3.05, 3.63) is 53.2 Å². The summed E-state index contributed by atoms with van der Waals surface area (Å²) in [5.41, 5.74) is -0.333. The van der Waals surface area contributed by atoms with Gasteiger partial charge < -0.3 is 14.2 Å². The Morgan fingerprint density at radius 1 is 1.37 bits per heavy atom. The SMILES string of the molecule is CCOC(=O)C1(Cc2ccccc2F)CCCN(C(=O)c2cc(C)on2)C1. The first-order chi connectivity index (χ1) is 12.9. The number of carbonyl (C=O) groups is 2. The van der Waals surface area contributed by atoms with Crippen LogP contribution in [-0.2, 0) is 16.0 Å². The van der Waals surface area contributed by atoms with Crippen LogP contribution in [0.3, 0.4) is 0 Å². The molecular formula is C20H23FN2O4. The van der Waals surface area contributed by atoms with E-state index in [9.17, 15) is 14.0 Å². The van der Waals surface area contributed by atoms with E-state index >= 15 is 0 Å². The van der Waals surface area contributed by atoms with Gasteiger partial charge in [0.05, 0.1) is 12.0 Å². The minimum Gasteiger partial charge on any atom is -0.466 e. The highest BCUT2D eigenvalue weighted by molar-refractivity contribution is 5.93. The second-order valence-electron chi connectivity index (χ2n) is 6.92. The average molecular weight is 374 g/mol. The first-order valence-electron chi connectivity index (χ1n) is 9.08. The highest BCUT2D eigenvalue weighted by Gasteiger charge is 2.45. The largest absolute Gasteiger partial charge is 0.466 e. The molecule has 1 amide bonds. The molecular weight excluding hydrogens is 351 g/mol. The molecule has 3 rings (SSSR count). The van der Waals surface area contributed by atoms with Gasteiger partial charge in [-0.3, -0.25) is 9.59 Å². The van der Waals surface area contributed by atoms with Crippen molar-refractivity contribution >= 4 is 11.9 Å². The van der Waals surface area contributed by atoms with E-state index in [1.165, 1.54) is 6.07 Å². The Morgan fingerprint density at radius 3 is 2.81 bits per heavy atom. The van der Waals surface area contributed by atoms with Crippen LogP contribution >= 0.6 is 0 Å². The number of aryl methyl sites for hydroxylation is 1. The number of likely N-dealkylation sites (tertiary alicyclic amines) is 1. The molecule has 1 aromatic heterocycles. The lowest BCUT2D eigenvalue weighted by Crippen LogP contribution is -2.51. The maximum atomic E-state index is 14.2. The molecule has 7 heteroatoms. The number of esters is 1. The van der Waals surface area contributed by atoms with Gasteiger partial charge >= 0.3 is 5.97 Å². The number of carbonyl (C=O) groups excluding carboxylic acids is 2. The van der Waals surface area contributed by atoms with Gasteiger partial charge in [-0.15, -0.1) is 0 Å². The molecule has 0 N–H and O–H groups in total. The summed E-state index contributed by atoms with van der Waals surface area (Å²) in [6, 6.07) is 7.96. The molecule has 1 saturated heterocycles. The van der Waals surface area contributed by atoms with E-state index in [2.05, 4.69) is 5.16 Å². The number of benzene rings is 1. The molecule has 144 valence electrons. The van der Waals surface area contributed by atoms with Gasteiger partial charge in [0.25, 0.3) is 5.91 Å². The van der Waals surface area contributed by atoms with E-state index in [0.29, 0.717) is 30.7 Å². The second-order valence-corrected chi connectivity index (χ2v) is 6.92. The number of piperidine rings is 1. The van der Waals surface area contributed by atoms with E-state index in [1.54, 1.807) is 43.0 Å². The standard InChI is InChI=1S/C20H23FN2O4/c1-3-26-19(25)20(12-15-7-4-5-8-16(15)21)9-6-10-23(13-20)18(24)17-11-14(2)27-22-17/h4-5,7-8,11H,3,6,9-10,12-13H2,1-2H3. The van der Waals surface area contributed by atoms with Gasteiger partial charge in [0, 0.05) is 19.2 Å². The lowest BCUT2D eigenvalue weighted by molar-refractivity contribution is -0.158. The fourth-order valence-corrected chi connectivity index (χ4v) is 3.61. The molecule has 6 nitrogen and oxygen atoms in total. The van der Waals surface area contributed by atoms with Gasteiger partial charge in [-0.05, 0) is 44.7 Å². The lowest BCUT2D eigenvalue weighted by Gasteiger charge is -2.40. The first-order valence-corrected chi connectivity index (χ1v) is 9.08. The van der Waals surface area contributed by atoms with Crippen molar-refractivity contribution in [3.8, 4) is 0 Å². The maximum absolute atomic E-state index is 14.2. The third-order valence-corrected chi connectivity index (χ3v) is 4.91. The predicted molar refractivity (Wildman–Crippen MR) is 95.5 cm³/mol. The Kier molecular flexibility index (Phi) is 5.58. The normalized spacial score (nSPS) is 19.7. The molecule has 0 spiro atoms. The number of hydrogen-bond acceptors (Lipinski definition) is 5. The van der Waals surface area contributed by atoms with Crippen molar-refractivity contribution in [2.45, 2.75) is 33.1 Å². The monoisotopic (exact) mass is 374 g/mol. The number of halogens is 1. The van der Waals surface area contributed by atoms with Crippen molar-refractivity contribution in [2.24, 2.45) is 5.41 Å². The van der Waals surface area contributed by atoms with E-state index in [4.69, 9.17) is 9.26 Å². The minimum atomic E-state index is -0.981. The quantitative estimate of drug-likeness (QED) is 0.752. The van der Waals surface area contributed by atoms with Crippen molar-refractivity contribution in [3.63, 3.8) is 0 Å². The second kappa shape index (κ2) is 7.90. The van der Waals surface area contributed by atoms with Crippen LogP contribution in [0.5, 0.6) is 0 Å². The molecule has 0 aliphatic carbocycles. The van der Waals surface area contributed by atoms with Gasteiger partial charge in [0.1, 0.15) is 11.6 Å². The fraction of sp³-hybridized carbons (Fsp3) is 0.450. The molecule has 27 heavy (non-hydrogen) atoms. The Morgan fingerprint density at radius 2 is 2.15 bits per heavy atom. The third-order valence-electron chi connectivity index (χ3n) is 4.91. The summed E-state index contributed by atoms with van der Waals surface area (Å²) >= 11 is 0. The van der Waals surface area contributed by atoms with Crippen LogP contribution in [0, 0.1) is 18.2 Å². The molecule has 0 radical (unpaired) electrons. The van der Waals surface area contributed by atoms with Crippen LogP contribution in [0.4, 0.5) is 4.39 Å². The average Bonchev–Trinajstić information content (AvgIpc) is 3.10. The molecule has 1 fully saturated rings. The van der Waals surface area contributed by atoms with Gasteiger partial charge in [-0.2, -0.15) is 0 Å². The van der Waals surface area contributed by atoms with Gasteiger partial charge in [0.15, 0.2) is 5.69 Å². The molecule has 1 atom stereocenters. The van der Waals surface area contributed by atoms with E-state index < -0.39 is 11.4 Å². The third kappa shape index (κ3) is 4.02. The Balaban J connectivity index is 1.89. The molecule has 0 bridgehead atoms. The smallest absolute Gasteiger partial charge is 0.314 e. The number of aromatic nitrogens is 1. The highest BCUT2D eigenvalue weighted by atomic mass is 19.1. The van der Waals surface area contributed by atoms with Crippen LogP contribution in [0.1, 0.15) is 41.6 Å². The van der Waals surface area contributed by atoms with Crippen LogP contribution in [0.25, 0.3) is 0 Å². The van der Waals surface area contributed by atoms with E-state index in [0.717, 1.165) is 0 Å². The summed E-state index contributed by atoms with van der Waals surface area (Å²) in [6.45, 7) is 4.34. The van der Waals surface area contributed by atoms with Crippen molar-refractivity contribution in [1.82, 2.24) is 10.1 Å². The number of nitrogens with zero attached hydrogens (tertiary/aromatic N) is 2. The summed E-state index contributed by atoms with van der Waals surface area (Å²) in [5, 5.41) is 3.78. The van der Waals surface area contributed by atoms with E-state index in [-0.39, 0.29) is 37.0 Å². The zero-order valence-corrected chi connectivity index (χ0v) is 15.5. The number of amides is 1. The summed E-state index contributed by atoms with van der Waals surface area (Å²) in [7, 11) is 0. The van der Waals surface area contributed by atoms with Gasteiger partial charge in [-0.25, -0.2) is 4.39 Å². The fourth-order valence-electron chi connectivity index (χ4n) is 3.61. The van der Waals surface area contributed by atoms with Crippen molar-refractivity contribution < 1.29 is 23.2 Å². The summed E-state index contributed by atoms with van der Waals surface area (Å²) in [5.74, 6) is -0.522. The zero-order valence-electron chi connectivity index (χ0n) is 15.5. The molecule has 1 aromatic carbocycles. The molecule has 2 heterocycles. The Bertz CT molecular complexity index is 835. The topological polar surface area (TPSA) is 72.6 Å². The lowest BCUT2D eigenvalue weighted by atomic mass is 9.75. The van der Waals surface area contributed by atoms with Gasteiger partial charge in [-0.1, -0.05) is 23.4 Å². The Hall–Kier alpha value is -2.70. The minimum absolute atomic E-state index is 0.158. The van der Waals surface area contributed by atoms with Crippen LogP contribution < -0.4 is 0 Å². The maximum Gasteiger partial charge on any atom is 0.314 e. The molecule has 0 saturated carbocycles. The van der Waals surface area contributed by atoms with Gasteiger partial charge in [0.2, 0.25) is 0 Å². The molecule has 1 aliphatic heterocycles. The van der Waals surface area contributed by atoms with Crippen molar-refractivity contribution in [1.29, 1.82) is 0 Å². The Labute approximate surface area is 157 Å².